The molecular formula is C7H11N5O2. The van der Waals surface area contributed by atoms with Crippen molar-refractivity contribution in [3.63, 3.8) is 0 Å². The monoisotopic (exact) mass is 197 g/mol. The number of urea groups is 1. The van der Waals surface area contributed by atoms with Crippen molar-refractivity contribution in [3.8, 4) is 0 Å². The lowest BCUT2D eigenvalue weighted by Crippen LogP contribution is -2.33. The van der Waals surface area contributed by atoms with Crippen LogP contribution in [0.25, 0.3) is 0 Å². The van der Waals surface area contributed by atoms with Gasteiger partial charge in [0.05, 0.1) is 0 Å². The Labute approximate surface area is 79.7 Å². The van der Waals surface area contributed by atoms with E-state index in [0.717, 1.165) is 0 Å². The second-order valence-corrected chi connectivity index (χ2v) is 2.48. The summed E-state index contributed by atoms with van der Waals surface area (Å²) < 4.78 is 0. The highest BCUT2D eigenvalue weighted by Gasteiger charge is 1.97. The van der Waals surface area contributed by atoms with E-state index in [1.165, 1.54) is 12.4 Å². The Bertz CT molecular complexity index is 361. The van der Waals surface area contributed by atoms with Crippen molar-refractivity contribution in [2.75, 3.05) is 18.4 Å². The molecule has 0 aliphatic rings. The molecule has 1 heterocycles. The third kappa shape index (κ3) is 3.13. The Kier molecular flexibility index (Phi) is 3.48. The number of carbonyl (C=O) groups excluding carboxylic acids is 1. The zero-order valence-corrected chi connectivity index (χ0v) is 7.41. The molecular weight excluding hydrogens is 186 g/mol. The van der Waals surface area contributed by atoms with Crippen molar-refractivity contribution in [2.24, 2.45) is 5.73 Å². The lowest BCUT2D eigenvalue weighted by Gasteiger charge is -2.03. The number of nitrogens with one attached hydrogen (secondary N) is 3. The minimum Gasteiger partial charge on any atom is -0.364 e. The number of aromatic amines is 1. The van der Waals surface area contributed by atoms with Crippen molar-refractivity contribution in [1.29, 1.82) is 0 Å². The number of aromatic nitrogens is 2. The molecule has 7 nitrogen and oxygen atoms in total. The highest BCUT2D eigenvalue weighted by Crippen LogP contribution is 1.86. The van der Waals surface area contributed by atoms with Gasteiger partial charge in [0.25, 0.3) is 5.56 Å². The van der Waals surface area contributed by atoms with Gasteiger partial charge in [-0.05, 0) is 0 Å². The molecule has 0 aliphatic carbocycles. The summed E-state index contributed by atoms with van der Waals surface area (Å²) in [5.41, 5.74) is 4.54. The maximum absolute atomic E-state index is 11.1. The maximum atomic E-state index is 11.1. The molecule has 0 radical (unpaired) electrons. The number of rotatable bonds is 4. The number of nitrogens with zero attached hydrogens (tertiary/aromatic N) is 1. The van der Waals surface area contributed by atoms with Crippen molar-refractivity contribution in [2.45, 2.75) is 0 Å². The van der Waals surface area contributed by atoms with Gasteiger partial charge in [0.15, 0.2) is 5.82 Å². The molecule has 7 heteroatoms. The SMILES string of the molecule is NC(=O)NCCNc1ncc[nH]c1=O. The van der Waals surface area contributed by atoms with Gasteiger partial charge in [-0.2, -0.15) is 0 Å². The van der Waals surface area contributed by atoms with E-state index in [1.807, 2.05) is 0 Å². The molecule has 0 atom stereocenters. The molecule has 0 unspecified atom stereocenters. The summed E-state index contributed by atoms with van der Waals surface area (Å²) >= 11 is 0. The number of nitrogens with two attached hydrogens (primary N) is 1. The van der Waals surface area contributed by atoms with Gasteiger partial charge >= 0.3 is 6.03 Å². The molecule has 1 aromatic rings. The summed E-state index contributed by atoms with van der Waals surface area (Å²) in [6, 6.07) is -0.596. The molecule has 76 valence electrons. The smallest absolute Gasteiger partial charge is 0.312 e. The van der Waals surface area contributed by atoms with Crippen molar-refractivity contribution < 1.29 is 4.79 Å². The molecule has 14 heavy (non-hydrogen) atoms. The van der Waals surface area contributed by atoms with Crippen LogP contribution in [0, 0.1) is 0 Å². The average Bonchev–Trinajstić information content (AvgIpc) is 2.15. The fraction of sp³-hybridized carbons (Fsp3) is 0.286. The van der Waals surface area contributed by atoms with E-state index in [4.69, 9.17) is 5.73 Å². The first-order chi connectivity index (χ1) is 6.70. The molecule has 0 aromatic carbocycles. The summed E-state index contributed by atoms with van der Waals surface area (Å²) in [4.78, 5) is 27.6. The van der Waals surface area contributed by atoms with Crippen LogP contribution >= 0.6 is 0 Å². The second kappa shape index (κ2) is 4.85. The predicted octanol–water partition coefficient (Wildman–Crippen LogP) is -1.15. The first kappa shape index (κ1) is 10.0. The fourth-order valence-corrected chi connectivity index (χ4v) is 0.844. The van der Waals surface area contributed by atoms with Crippen LogP contribution in [0.2, 0.25) is 0 Å². The predicted molar refractivity (Wildman–Crippen MR) is 50.9 cm³/mol. The molecule has 5 N–H and O–H groups in total. The molecule has 0 aliphatic heterocycles. The maximum Gasteiger partial charge on any atom is 0.312 e. The molecule has 2 amide bonds. The Hall–Kier alpha value is -2.05. The van der Waals surface area contributed by atoms with Crippen LogP contribution in [0.5, 0.6) is 0 Å². The van der Waals surface area contributed by atoms with Crippen LogP contribution in [0.15, 0.2) is 17.2 Å². The zero-order valence-electron chi connectivity index (χ0n) is 7.41. The Balaban J connectivity index is 2.35. The molecule has 0 spiro atoms. The van der Waals surface area contributed by atoms with Gasteiger partial charge in [-0.3, -0.25) is 4.79 Å². The number of anilines is 1. The van der Waals surface area contributed by atoms with Crippen molar-refractivity contribution in [3.05, 3.63) is 22.7 Å². The van der Waals surface area contributed by atoms with Crippen LogP contribution in [0.1, 0.15) is 0 Å². The van der Waals surface area contributed by atoms with Crippen LogP contribution in [-0.2, 0) is 0 Å². The number of carbonyl (C=O) groups is 1. The molecule has 0 saturated heterocycles. The van der Waals surface area contributed by atoms with Crippen LogP contribution in [-0.4, -0.2) is 29.1 Å². The van der Waals surface area contributed by atoms with Gasteiger partial charge < -0.3 is 21.4 Å². The first-order valence-corrected chi connectivity index (χ1v) is 4.01. The Morgan fingerprint density at radius 1 is 1.57 bits per heavy atom. The topological polar surface area (TPSA) is 113 Å². The minimum absolute atomic E-state index is 0.221. The summed E-state index contributed by atoms with van der Waals surface area (Å²) in [6.45, 7) is 0.731. The summed E-state index contributed by atoms with van der Waals surface area (Å²) in [5.74, 6) is 0.221. The van der Waals surface area contributed by atoms with E-state index in [9.17, 15) is 9.59 Å². The Morgan fingerprint density at radius 2 is 2.36 bits per heavy atom. The summed E-state index contributed by atoms with van der Waals surface area (Å²) in [5, 5.41) is 5.11. The van der Waals surface area contributed by atoms with Gasteiger partial charge in [0.2, 0.25) is 0 Å². The Morgan fingerprint density at radius 3 is 3.00 bits per heavy atom. The van der Waals surface area contributed by atoms with E-state index >= 15 is 0 Å². The average molecular weight is 197 g/mol. The minimum atomic E-state index is -0.596. The number of amides is 2. The lowest BCUT2D eigenvalue weighted by molar-refractivity contribution is 0.249. The van der Waals surface area contributed by atoms with Crippen LogP contribution < -0.4 is 21.9 Å². The molecule has 1 rings (SSSR count). The third-order valence-corrected chi connectivity index (χ3v) is 1.42. The van der Waals surface area contributed by atoms with E-state index in [0.29, 0.717) is 13.1 Å². The number of hydrogen-bond donors (Lipinski definition) is 4. The number of H-pyrrole nitrogens is 1. The van der Waals surface area contributed by atoms with Crippen LogP contribution in [0.4, 0.5) is 10.6 Å². The van der Waals surface area contributed by atoms with E-state index in [1.54, 1.807) is 0 Å². The molecule has 0 saturated carbocycles. The molecule has 0 fully saturated rings. The number of primary amides is 1. The van der Waals surface area contributed by atoms with Gasteiger partial charge in [-0.15, -0.1) is 0 Å². The van der Waals surface area contributed by atoms with Gasteiger partial charge in [-0.25, -0.2) is 9.78 Å². The van der Waals surface area contributed by atoms with Gasteiger partial charge in [0, 0.05) is 25.5 Å². The normalized spacial score (nSPS) is 9.43. The van der Waals surface area contributed by atoms with Gasteiger partial charge in [0.1, 0.15) is 0 Å². The lowest BCUT2D eigenvalue weighted by atomic mass is 10.5. The third-order valence-electron chi connectivity index (χ3n) is 1.42. The van der Waals surface area contributed by atoms with E-state index in [2.05, 4.69) is 20.6 Å². The molecule has 0 bridgehead atoms. The summed E-state index contributed by atoms with van der Waals surface area (Å²) in [6.07, 6.45) is 2.90. The highest BCUT2D eigenvalue weighted by molar-refractivity contribution is 5.71. The number of hydrogen-bond acceptors (Lipinski definition) is 4. The van der Waals surface area contributed by atoms with Crippen molar-refractivity contribution >= 4 is 11.8 Å². The standard InChI is InChI=1S/C7H11N5O2/c8-7(14)12-4-2-10-5-6(13)11-3-1-9-5/h1,3H,2,4H2,(H,9,10)(H,11,13)(H3,8,12,14). The zero-order chi connectivity index (χ0) is 10.4. The van der Waals surface area contributed by atoms with E-state index < -0.39 is 6.03 Å². The second-order valence-electron chi connectivity index (χ2n) is 2.48. The van der Waals surface area contributed by atoms with E-state index in [-0.39, 0.29) is 11.4 Å². The quantitative estimate of drug-likeness (QED) is 0.456. The molecule has 1 aromatic heterocycles. The van der Waals surface area contributed by atoms with Crippen LogP contribution in [0.3, 0.4) is 0 Å². The van der Waals surface area contributed by atoms with Crippen molar-refractivity contribution in [1.82, 2.24) is 15.3 Å². The largest absolute Gasteiger partial charge is 0.364 e. The summed E-state index contributed by atoms with van der Waals surface area (Å²) in [7, 11) is 0. The first-order valence-electron chi connectivity index (χ1n) is 4.01. The highest BCUT2D eigenvalue weighted by atomic mass is 16.2. The fourth-order valence-electron chi connectivity index (χ4n) is 0.844. The van der Waals surface area contributed by atoms with Gasteiger partial charge in [-0.1, -0.05) is 0 Å².